The molecular weight excluding hydrogens is 544 g/mol. The second-order valence-corrected chi connectivity index (χ2v) is 10.7. The smallest absolute Gasteiger partial charge is 0.270 e. The Morgan fingerprint density at radius 1 is 1.21 bits per heavy atom. The van der Waals surface area contributed by atoms with Crippen molar-refractivity contribution in [2.75, 3.05) is 12.1 Å². The standard InChI is InChI=1S/C27H21ClN4O4S2/c1-15-18(10-23-26(34)32(27(37)38-23)13-17-5-3-4-6-20(17)28)24(31(2)25(33)19(15)11-29)30-12-16-7-8-21-22(9-16)36-14-35-21/h3-10,30H,12-14H2,1-2H3/b23-10+. The van der Waals surface area contributed by atoms with Crippen molar-refractivity contribution < 1.29 is 14.3 Å². The fourth-order valence-corrected chi connectivity index (χ4v) is 5.68. The number of halogens is 1. The van der Waals surface area contributed by atoms with E-state index in [1.165, 1.54) is 21.2 Å². The largest absolute Gasteiger partial charge is 0.454 e. The van der Waals surface area contributed by atoms with Gasteiger partial charge in [0.2, 0.25) is 6.79 Å². The summed E-state index contributed by atoms with van der Waals surface area (Å²) in [5.41, 5.74) is 2.30. The van der Waals surface area contributed by atoms with Gasteiger partial charge in [0, 0.05) is 24.2 Å². The number of thiocarbonyl (C=S) groups is 1. The Labute approximate surface area is 233 Å². The van der Waals surface area contributed by atoms with Crippen LogP contribution in [0.4, 0.5) is 5.82 Å². The molecule has 8 nitrogen and oxygen atoms in total. The molecule has 0 radical (unpaired) electrons. The van der Waals surface area contributed by atoms with Gasteiger partial charge in [-0.15, -0.1) is 0 Å². The first-order valence-corrected chi connectivity index (χ1v) is 13.1. The third kappa shape index (κ3) is 4.76. The number of amides is 1. The van der Waals surface area contributed by atoms with Gasteiger partial charge in [-0.1, -0.05) is 59.8 Å². The summed E-state index contributed by atoms with van der Waals surface area (Å²) in [4.78, 5) is 28.2. The zero-order chi connectivity index (χ0) is 27.0. The molecule has 1 amide bonds. The lowest BCUT2D eigenvalue weighted by molar-refractivity contribution is -0.122. The van der Waals surface area contributed by atoms with E-state index >= 15 is 0 Å². The van der Waals surface area contributed by atoms with Gasteiger partial charge in [-0.05, 0) is 47.9 Å². The molecule has 38 heavy (non-hydrogen) atoms. The van der Waals surface area contributed by atoms with Crippen molar-refractivity contribution >= 4 is 57.7 Å². The number of nitriles is 1. The number of anilines is 1. The van der Waals surface area contributed by atoms with E-state index in [0.717, 1.165) is 11.1 Å². The van der Waals surface area contributed by atoms with Crippen LogP contribution >= 0.6 is 35.6 Å². The molecule has 2 aliphatic rings. The lowest BCUT2D eigenvalue weighted by atomic mass is 10.0. The molecule has 5 rings (SSSR count). The van der Waals surface area contributed by atoms with E-state index in [2.05, 4.69) is 5.32 Å². The van der Waals surface area contributed by atoms with E-state index in [-0.39, 0.29) is 24.8 Å². The van der Waals surface area contributed by atoms with Crippen LogP contribution in [0.1, 0.15) is 27.8 Å². The number of pyridine rings is 1. The van der Waals surface area contributed by atoms with Gasteiger partial charge in [0.05, 0.1) is 11.4 Å². The van der Waals surface area contributed by atoms with Crippen LogP contribution in [-0.2, 0) is 24.9 Å². The first-order chi connectivity index (χ1) is 18.3. The van der Waals surface area contributed by atoms with Gasteiger partial charge < -0.3 is 14.8 Å². The number of carbonyl (C=O) groups excluding carboxylic acids is 1. The molecular formula is C27H21ClN4O4S2. The molecule has 1 N–H and O–H groups in total. The van der Waals surface area contributed by atoms with Gasteiger partial charge in [0.15, 0.2) is 11.5 Å². The number of hydrogen-bond acceptors (Lipinski definition) is 8. The average Bonchev–Trinajstić information content (AvgIpc) is 3.48. The Hall–Kier alpha value is -3.78. The molecule has 192 valence electrons. The first kappa shape index (κ1) is 25.9. The van der Waals surface area contributed by atoms with Gasteiger partial charge in [-0.3, -0.25) is 19.1 Å². The number of hydrogen-bond donors (Lipinski definition) is 1. The molecule has 1 aromatic heterocycles. The number of carbonyl (C=O) groups is 1. The minimum absolute atomic E-state index is 0.0129. The maximum Gasteiger partial charge on any atom is 0.270 e. The number of ether oxygens (including phenoxy) is 2. The summed E-state index contributed by atoms with van der Waals surface area (Å²) >= 11 is 13.0. The van der Waals surface area contributed by atoms with E-state index in [0.29, 0.717) is 49.2 Å². The second-order valence-electron chi connectivity index (χ2n) is 8.64. The van der Waals surface area contributed by atoms with E-state index in [9.17, 15) is 14.9 Å². The van der Waals surface area contributed by atoms with E-state index < -0.39 is 5.56 Å². The first-order valence-electron chi connectivity index (χ1n) is 11.5. The van der Waals surface area contributed by atoms with Crippen LogP contribution < -0.4 is 20.3 Å². The lowest BCUT2D eigenvalue weighted by Crippen LogP contribution is -2.27. The van der Waals surface area contributed by atoms with Crippen LogP contribution in [0.3, 0.4) is 0 Å². The fraction of sp³-hybridized carbons (Fsp3) is 0.185. The Balaban J connectivity index is 1.50. The van der Waals surface area contributed by atoms with Gasteiger partial charge in [-0.25, -0.2) is 0 Å². The summed E-state index contributed by atoms with van der Waals surface area (Å²) < 4.78 is 12.6. The Morgan fingerprint density at radius 2 is 1.97 bits per heavy atom. The average molecular weight is 565 g/mol. The number of benzene rings is 2. The van der Waals surface area contributed by atoms with E-state index in [1.54, 1.807) is 26.1 Å². The summed E-state index contributed by atoms with van der Waals surface area (Å²) in [6, 6.07) is 14.9. The molecule has 2 aromatic carbocycles. The van der Waals surface area contributed by atoms with Crippen molar-refractivity contribution in [1.29, 1.82) is 5.26 Å². The number of nitrogens with one attached hydrogen (secondary N) is 1. The molecule has 0 spiro atoms. The van der Waals surface area contributed by atoms with Crippen LogP contribution in [0.15, 0.2) is 52.2 Å². The zero-order valence-electron chi connectivity index (χ0n) is 20.4. The third-order valence-corrected chi connectivity index (χ3v) is 8.08. The van der Waals surface area contributed by atoms with E-state index in [4.69, 9.17) is 33.3 Å². The van der Waals surface area contributed by atoms with Crippen LogP contribution in [0, 0.1) is 18.3 Å². The maximum atomic E-state index is 13.4. The predicted octanol–water partition coefficient (Wildman–Crippen LogP) is 4.96. The summed E-state index contributed by atoms with van der Waals surface area (Å²) in [6.45, 7) is 2.48. The molecule has 1 fully saturated rings. The van der Waals surface area contributed by atoms with Crippen molar-refractivity contribution in [1.82, 2.24) is 9.47 Å². The minimum atomic E-state index is -0.429. The number of aromatic nitrogens is 1. The van der Waals surface area contributed by atoms with Crippen molar-refractivity contribution in [2.24, 2.45) is 7.05 Å². The fourth-order valence-electron chi connectivity index (χ4n) is 4.25. The summed E-state index contributed by atoms with van der Waals surface area (Å²) in [5, 5.41) is 13.5. The Kier molecular flexibility index (Phi) is 7.17. The highest BCUT2D eigenvalue weighted by molar-refractivity contribution is 8.26. The number of rotatable bonds is 6. The highest BCUT2D eigenvalue weighted by Crippen LogP contribution is 2.37. The lowest BCUT2D eigenvalue weighted by Gasteiger charge is -2.18. The number of nitrogens with zero attached hydrogens (tertiary/aromatic N) is 3. The Morgan fingerprint density at radius 3 is 2.74 bits per heavy atom. The monoisotopic (exact) mass is 564 g/mol. The van der Waals surface area contributed by atoms with Crippen molar-refractivity contribution in [3.05, 3.63) is 90.6 Å². The summed E-state index contributed by atoms with van der Waals surface area (Å²) in [7, 11) is 1.59. The summed E-state index contributed by atoms with van der Waals surface area (Å²) in [5.74, 6) is 1.53. The minimum Gasteiger partial charge on any atom is -0.454 e. The van der Waals surface area contributed by atoms with Crippen LogP contribution in [0.25, 0.3) is 6.08 Å². The predicted molar refractivity (Wildman–Crippen MR) is 151 cm³/mol. The van der Waals surface area contributed by atoms with Gasteiger partial charge in [-0.2, -0.15) is 5.26 Å². The van der Waals surface area contributed by atoms with Crippen LogP contribution in [0.5, 0.6) is 11.5 Å². The molecule has 0 aliphatic carbocycles. The molecule has 1 saturated heterocycles. The molecule has 3 heterocycles. The highest BCUT2D eigenvalue weighted by atomic mass is 35.5. The summed E-state index contributed by atoms with van der Waals surface area (Å²) in [6.07, 6.45) is 1.68. The Bertz CT molecular complexity index is 1630. The maximum absolute atomic E-state index is 13.4. The third-order valence-electron chi connectivity index (χ3n) is 6.33. The quantitative estimate of drug-likeness (QED) is 0.331. The number of thioether (sulfide) groups is 1. The van der Waals surface area contributed by atoms with Crippen LogP contribution in [0.2, 0.25) is 5.02 Å². The number of fused-ring (bicyclic) bond motifs is 1. The van der Waals surface area contributed by atoms with Gasteiger partial charge in [0.1, 0.15) is 21.8 Å². The molecule has 11 heteroatoms. The van der Waals surface area contributed by atoms with Crippen molar-refractivity contribution in [3.63, 3.8) is 0 Å². The normalized spacial score (nSPS) is 15.3. The molecule has 3 aromatic rings. The van der Waals surface area contributed by atoms with Crippen LogP contribution in [-0.4, -0.2) is 26.5 Å². The SMILES string of the molecule is Cc1c(/C=C2/SC(=S)N(Cc3ccccc3Cl)C2=O)c(NCc2ccc3c(c2)OCO3)n(C)c(=O)c1C#N. The van der Waals surface area contributed by atoms with Gasteiger partial charge in [0.25, 0.3) is 11.5 Å². The van der Waals surface area contributed by atoms with Crippen molar-refractivity contribution in [2.45, 2.75) is 20.0 Å². The molecule has 0 unspecified atom stereocenters. The molecule has 0 bridgehead atoms. The molecule has 0 saturated carbocycles. The second kappa shape index (κ2) is 10.5. The van der Waals surface area contributed by atoms with E-state index in [1.807, 2.05) is 42.5 Å². The topological polar surface area (TPSA) is 96.6 Å². The van der Waals surface area contributed by atoms with Gasteiger partial charge >= 0.3 is 0 Å². The molecule has 0 atom stereocenters. The zero-order valence-corrected chi connectivity index (χ0v) is 22.8. The van der Waals surface area contributed by atoms with Crippen molar-refractivity contribution in [3.8, 4) is 17.6 Å². The molecule has 2 aliphatic heterocycles. The highest BCUT2D eigenvalue weighted by Gasteiger charge is 2.33.